The Kier molecular flexibility index (Phi) is 6.75. The number of hydrogen-bond acceptors (Lipinski definition) is 4. The Hall–Kier alpha value is -0.160. The number of morpholine rings is 1. The topological polar surface area (TPSA) is 27.7 Å². The molecule has 20 heavy (non-hydrogen) atoms. The molecule has 0 bridgehead atoms. The van der Waals surface area contributed by atoms with E-state index in [1.165, 1.54) is 38.6 Å². The van der Waals surface area contributed by atoms with Crippen LogP contribution in [0.2, 0.25) is 0 Å². The molecule has 1 saturated heterocycles. The van der Waals surface area contributed by atoms with Gasteiger partial charge in [0.1, 0.15) is 0 Å². The highest BCUT2D eigenvalue weighted by atomic mass is 16.5. The van der Waals surface area contributed by atoms with Crippen molar-refractivity contribution in [3.63, 3.8) is 0 Å². The monoisotopic (exact) mass is 283 g/mol. The van der Waals surface area contributed by atoms with Gasteiger partial charge in [0, 0.05) is 31.7 Å². The molecule has 0 aromatic rings. The van der Waals surface area contributed by atoms with Crippen LogP contribution in [0.5, 0.6) is 0 Å². The Balaban J connectivity index is 1.67. The summed E-state index contributed by atoms with van der Waals surface area (Å²) in [5, 5.41) is 3.67. The molecule has 0 amide bonds. The zero-order chi connectivity index (χ0) is 14.4. The molecule has 1 heterocycles. The summed E-state index contributed by atoms with van der Waals surface area (Å²) >= 11 is 0. The van der Waals surface area contributed by atoms with Gasteiger partial charge in [-0.2, -0.15) is 0 Å². The third-order valence-corrected chi connectivity index (χ3v) is 4.84. The highest BCUT2D eigenvalue weighted by Gasteiger charge is 2.26. The fraction of sp³-hybridized carbons (Fsp3) is 1.00. The van der Waals surface area contributed by atoms with E-state index in [9.17, 15) is 0 Å². The predicted molar refractivity (Wildman–Crippen MR) is 84.2 cm³/mol. The molecule has 1 atom stereocenters. The van der Waals surface area contributed by atoms with E-state index in [2.05, 4.69) is 36.1 Å². The first kappa shape index (κ1) is 16.2. The highest BCUT2D eigenvalue weighted by molar-refractivity contribution is 4.83. The molecule has 2 rings (SSSR count). The SMILES string of the molecule is CCCNC1CCC(N(C)CC2CN(C)CCO2)CC1. The van der Waals surface area contributed by atoms with Crippen molar-refractivity contribution in [1.29, 1.82) is 0 Å². The minimum atomic E-state index is 0.398. The Morgan fingerprint density at radius 2 is 2.00 bits per heavy atom. The molecule has 4 nitrogen and oxygen atoms in total. The normalized spacial score (nSPS) is 32.7. The van der Waals surface area contributed by atoms with Crippen LogP contribution in [0.25, 0.3) is 0 Å². The lowest BCUT2D eigenvalue weighted by Crippen LogP contribution is -2.48. The van der Waals surface area contributed by atoms with E-state index in [1.807, 2.05) is 0 Å². The van der Waals surface area contributed by atoms with E-state index in [-0.39, 0.29) is 0 Å². The average molecular weight is 283 g/mol. The van der Waals surface area contributed by atoms with Gasteiger partial charge < -0.3 is 19.9 Å². The lowest BCUT2D eigenvalue weighted by Gasteiger charge is -2.38. The second kappa shape index (κ2) is 8.32. The van der Waals surface area contributed by atoms with Crippen LogP contribution >= 0.6 is 0 Å². The first-order valence-electron chi connectivity index (χ1n) is 8.42. The summed E-state index contributed by atoms with van der Waals surface area (Å²) in [6, 6.07) is 1.52. The molecule has 118 valence electrons. The van der Waals surface area contributed by atoms with Crippen LogP contribution in [0.4, 0.5) is 0 Å². The number of rotatable bonds is 6. The van der Waals surface area contributed by atoms with Crippen molar-refractivity contribution in [3.8, 4) is 0 Å². The van der Waals surface area contributed by atoms with Crippen LogP contribution in [0.15, 0.2) is 0 Å². The lowest BCUT2D eigenvalue weighted by atomic mass is 9.90. The van der Waals surface area contributed by atoms with Gasteiger partial charge >= 0.3 is 0 Å². The molecule has 4 heteroatoms. The van der Waals surface area contributed by atoms with E-state index >= 15 is 0 Å². The fourth-order valence-electron chi connectivity index (χ4n) is 3.52. The summed E-state index contributed by atoms with van der Waals surface area (Å²) in [6.45, 7) is 7.55. The van der Waals surface area contributed by atoms with Gasteiger partial charge in [0.2, 0.25) is 0 Å². The number of nitrogens with one attached hydrogen (secondary N) is 1. The maximum Gasteiger partial charge on any atom is 0.0829 e. The van der Waals surface area contributed by atoms with E-state index in [0.717, 1.165) is 38.3 Å². The van der Waals surface area contributed by atoms with Crippen molar-refractivity contribution in [3.05, 3.63) is 0 Å². The van der Waals surface area contributed by atoms with Gasteiger partial charge in [-0.05, 0) is 52.7 Å². The standard InChI is InChI=1S/C16H33N3O/c1-4-9-17-14-5-7-15(8-6-14)19(3)13-16-12-18(2)10-11-20-16/h14-17H,4-13H2,1-3H3. The summed E-state index contributed by atoms with van der Waals surface area (Å²) in [4.78, 5) is 4.92. The molecule has 0 spiro atoms. The molecule has 1 saturated carbocycles. The molecule has 1 aliphatic heterocycles. The van der Waals surface area contributed by atoms with Gasteiger partial charge in [-0.15, -0.1) is 0 Å². The van der Waals surface area contributed by atoms with Gasteiger partial charge in [0.25, 0.3) is 0 Å². The number of ether oxygens (including phenoxy) is 1. The van der Waals surface area contributed by atoms with Crippen LogP contribution < -0.4 is 5.32 Å². The molecule has 2 aliphatic rings. The van der Waals surface area contributed by atoms with Gasteiger partial charge in [0.05, 0.1) is 12.7 Å². The Labute approximate surface area is 124 Å². The van der Waals surface area contributed by atoms with Crippen molar-refractivity contribution in [2.24, 2.45) is 0 Å². The third kappa shape index (κ3) is 4.99. The second-order valence-corrected chi connectivity index (χ2v) is 6.65. The Bertz CT molecular complexity index is 266. The van der Waals surface area contributed by atoms with Crippen molar-refractivity contribution in [2.45, 2.75) is 57.2 Å². The molecule has 1 N–H and O–H groups in total. The molecule has 0 aromatic carbocycles. The highest BCUT2D eigenvalue weighted by Crippen LogP contribution is 2.23. The minimum Gasteiger partial charge on any atom is -0.374 e. The molecule has 2 fully saturated rings. The van der Waals surface area contributed by atoms with E-state index in [0.29, 0.717) is 6.10 Å². The zero-order valence-corrected chi connectivity index (χ0v) is 13.6. The number of likely N-dealkylation sites (N-methyl/N-ethyl adjacent to an activating group) is 2. The first-order chi connectivity index (χ1) is 9.69. The summed E-state index contributed by atoms with van der Waals surface area (Å²) in [5.41, 5.74) is 0. The van der Waals surface area contributed by atoms with Gasteiger partial charge in [-0.25, -0.2) is 0 Å². The molecule has 1 aliphatic carbocycles. The molecule has 1 unspecified atom stereocenters. The Morgan fingerprint density at radius 1 is 1.25 bits per heavy atom. The zero-order valence-electron chi connectivity index (χ0n) is 13.6. The van der Waals surface area contributed by atoms with E-state index in [4.69, 9.17) is 4.74 Å². The molecule has 0 aromatic heterocycles. The minimum absolute atomic E-state index is 0.398. The summed E-state index contributed by atoms with van der Waals surface area (Å²) in [7, 11) is 4.47. The largest absolute Gasteiger partial charge is 0.374 e. The fourth-order valence-corrected chi connectivity index (χ4v) is 3.52. The number of hydrogen-bond donors (Lipinski definition) is 1. The number of nitrogens with zero attached hydrogens (tertiary/aromatic N) is 2. The smallest absolute Gasteiger partial charge is 0.0829 e. The van der Waals surface area contributed by atoms with Crippen LogP contribution in [0, 0.1) is 0 Å². The van der Waals surface area contributed by atoms with Crippen molar-refractivity contribution in [1.82, 2.24) is 15.1 Å². The van der Waals surface area contributed by atoms with Crippen LogP contribution in [0.3, 0.4) is 0 Å². The van der Waals surface area contributed by atoms with E-state index < -0.39 is 0 Å². The maximum atomic E-state index is 5.89. The van der Waals surface area contributed by atoms with E-state index in [1.54, 1.807) is 0 Å². The quantitative estimate of drug-likeness (QED) is 0.801. The maximum absolute atomic E-state index is 5.89. The summed E-state index contributed by atoms with van der Waals surface area (Å²) in [5.74, 6) is 0. The van der Waals surface area contributed by atoms with Crippen LogP contribution in [-0.2, 0) is 4.74 Å². The molecular weight excluding hydrogens is 250 g/mol. The molecule has 0 radical (unpaired) electrons. The predicted octanol–water partition coefficient (Wildman–Crippen LogP) is 1.56. The van der Waals surface area contributed by atoms with Crippen molar-refractivity contribution >= 4 is 0 Å². The van der Waals surface area contributed by atoms with Crippen LogP contribution in [-0.4, -0.2) is 74.9 Å². The summed E-state index contributed by atoms with van der Waals surface area (Å²) in [6.07, 6.45) is 6.98. The summed E-state index contributed by atoms with van der Waals surface area (Å²) < 4.78 is 5.89. The third-order valence-electron chi connectivity index (χ3n) is 4.84. The van der Waals surface area contributed by atoms with Crippen molar-refractivity contribution in [2.75, 3.05) is 46.9 Å². The average Bonchev–Trinajstić information content (AvgIpc) is 2.45. The van der Waals surface area contributed by atoms with Gasteiger partial charge in [-0.1, -0.05) is 6.92 Å². The lowest BCUT2D eigenvalue weighted by molar-refractivity contribution is -0.0395. The molecular formula is C16H33N3O. The Morgan fingerprint density at radius 3 is 2.65 bits per heavy atom. The first-order valence-corrected chi connectivity index (χ1v) is 8.42. The van der Waals surface area contributed by atoms with Gasteiger partial charge in [-0.3, -0.25) is 0 Å². The van der Waals surface area contributed by atoms with Crippen LogP contribution in [0.1, 0.15) is 39.0 Å². The van der Waals surface area contributed by atoms with Crippen molar-refractivity contribution < 1.29 is 4.74 Å². The second-order valence-electron chi connectivity index (χ2n) is 6.65. The van der Waals surface area contributed by atoms with Gasteiger partial charge in [0.15, 0.2) is 0 Å².